The first-order valence-corrected chi connectivity index (χ1v) is 12.7. The highest BCUT2D eigenvalue weighted by molar-refractivity contribution is 5.75. The molecule has 4 rings (SSSR count). The summed E-state index contributed by atoms with van der Waals surface area (Å²) in [6.45, 7) is 4.40. The van der Waals surface area contributed by atoms with Crippen LogP contribution in [0.15, 0.2) is 66.7 Å². The van der Waals surface area contributed by atoms with E-state index in [0.29, 0.717) is 13.0 Å². The van der Waals surface area contributed by atoms with Crippen molar-refractivity contribution in [2.24, 2.45) is 0 Å². The van der Waals surface area contributed by atoms with Crippen molar-refractivity contribution in [1.29, 1.82) is 0 Å². The van der Waals surface area contributed by atoms with Gasteiger partial charge in [0.1, 0.15) is 17.3 Å². The molecule has 0 radical (unpaired) electrons. The molecule has 0 bridgehead atoms. The van der Waals surface area contributed by atoms with E-state index in [4.69, 9.17) is 9.47 Å². The Morgan fingerprint density at radius 2 is 1.69 bits per heavy atom. The summed E-state index contributed by atoms with van der Waals surface area (Å²) < 4.78 is 26.5. The minimum absolute atomic E-state index is 0.150. The molecule has 184 valence electrons. The second-order valence-corrected chi connectivity index (χ2v) is 9.64. The second-order valence-electron chi connectivity index (χ2n) is 9.64. The van der Waals surface area contributed by atoms with Crippen molar-refractivity contribution < 1.29 is 18.7 Å². The predicted octanol–water partition coefficient (Wildman–Crippen LogP) is 7.62. The third-order valence-corrected chi connectivity index (χ3v) is 6.85. The lowest BCUT2D eigenvalue weighted by Crippen LogP contribution is -2.28. The lowest BCUT2D eigenvalue weighted by molar-refractivity contribution is -0.117. The first-order valence-electron chi connectivity index (χ1n) is 12.7. The molecule has 0 spiro atoms. The molecule has 3 aromatic carbocycles. The zero-order valence-corrected chi connectivity index (χ0v) is 20.8. The number of hydrogen-bond donors (Lipinski definition) is 0. The van der Waals surface area contributed by atoms with E-state index in [0.717, 1.165) is 61.0 Å². The highest BCUT2D eigenvalue weighted by Crippen LogP contribution is 2.32. The summed E-state index contributed by atoms with van der Waals surface area (Å²) >= 11 is 0. The standard InChI is InChI=1S/C31H35FO3/c1-22-7-3-4-9-26(22)21-34-28-15-17-29(18-16-28)35-30-14-13-24(10-5-8-23(2)33)31(20-30)25-11-6-12-27(32)19-25/h3-4,6-7,9,11-14,19-20,28-29H,5,8,10,15-18,21H2,1-2H3. The topological polar surface area (TPSA) is 35.5 Å². The number of halogens is 1. The molecule has 0 heterocycles. The van der Waals surface area contributed by atoms with Crippen LogP contribution in [-0.4, -0.2) is 18.0 Å². The van der Waals surface area contributed by atoms with Crippen molar-refractivity contribution >= 4 is 5.78 Å². The van der Waals surface area contributed by atoms with Gasteiger partial charge < -0.3 is 14.3 Å². The number of carbonyl (C=O) groups is 1. The van der Waals surface area contributed by atoms with Crippen LogP contribution in [0.5, 0.6) is 5.75 Å². The predicted molar refractivity (Wildman–Crippen MR) is 138 cm³/mol. The van der Waals surface area contributed by atoms with Crippen molar-refractivity contribution in [3.63, 3.8) is 0 Å². The molecular formula is C31H35FO3. The maximum Gasteiger partial charge on any atom is 0.129 e. The third kappa shape index (κ3) is 7.25. The number of hydrogen-bond acceptors (Lipinski definition) is 3. The molecule has 3 aromatic rings. The molecule has 1 aliphatic rings. The van der Waals surface area contributed by atoms with Gasteiger partial charge in [0.05, 0.1) is 18.8 Å². The van der Waals surface area contributed by atoms with Gasteiger partial charge in [-0.15, -0.1) is 0 Å². The zero-order chi connectivity index (χ0) is 24.6. The lowest BCUT2D eigenvalue weighted by Gasteiger charge is -2.29. The van der Waals surface area contributed by atoms with E-state index in [9.17, 15) is 9.18 Å². The Kier molecular flexibility index (Phi) is 8.70. The monoisotopic (exact) mass is 474 g/mol. The van der Waals surface area contributed by atoms with Gasteiger partial charge >= 0.3 is 0 Å². The van der Waals surface area contributed by atoms with Crippen LogP contribution in [0.25, 0.3) is 11.1 Å². The van der Waals surface area contributed by atoms with Crippen molar-refractivity contribution in [3.05, 3.63) is 89.2 Å². The fourth-order valence-electron chi connectivity index (χ4n) is 4.79. The Labute approximate surface area is 208 Å². The van der Waals surface area contributed by atoms with Crippen molar-refractivity contribution in [2.75, 3.05) is 0 Å². The van der Waals surface area contributed by atoms with Gasteiger partial charge in [0.2, 0.25) is 0 Å². The molecule has 1 fully saturated rings. The summed E-state index contributed by atoms with van der Waals surface area (Å²) in [5.74, 6) is 0.743. The fraction of sp³-hybridized carbons (Fsp3) is 0.387. The molecule has 0 N–H and O–H groups in total. The Hall–Kier alpha value is -2.98. The van der Waals surface area contributed by atoms with E-state index in [-0.39, 0.29) is 23.8 Å². The Morgan fingerprint density at radius 3 is 2.43 bits per heavy atom. The van der Waals surface area contributed by atoms with E-state index in [2.05, 4.69) is 37.3 Å². The van der Waals surface area contributed by atoms with Crippen LogP contribution in [0.3, 0.4) is 0 Å². The quantitative estimate of drug-likeness (QED) is 0.303. The van der Waals surface area contributed by atoms with Crippen molar-refractivity contribution in [2.45, 2.75) is 77.6 Å². The maximum absolute atomic E-state index is 14.0. The van der Waals surface area contributed by atoms with Crippen LogP contribution in [0, 0.1) is 12.7 Å². The minimum atomic E-state index is -0.257. The summed E-state index contributed by atoms with van der Waals surface area (Å²) in [7, 11) is 0. The summed E-state index contributed by atoms with van der Waals surface area (Å²) in [6.07, 6.45) is 6.39. The van der Waals surface area contributed by atoms with Gasteiger partial charge in [0, 0.05) is 6.42 Å². The average Bonchev–Trinajstić information content (AvgIpc) is 2.85. The Balaban J connectivity index is 1.38. The molecule has 0 unspecified atom stereocenters. The fourth-order valence-corrected chi connectivity index (χ4v) is 4.79. The first-order chi connectivity index (χ1) is 17.0. The van der Waals surface area contributed by atoms with Gasteiger partial charge in [0.15, 0.2) is 0 Å². The largest absolute Gasteiger partial charge is 0.490 e. The summed E-state index contributed by atoms with van der Waals surface area (Å²) in [6, 6.07) is 21.1. The highest BCUT2D eigenvalue weighted by atomic mass is 19.1. The van der Waals surface area contributed by atoms with Gasteiger partial charge in [-0.25, -0.2) is 4.39 Å². The molecule has 4 heteroatoms. The minimum Gasteiger partial charge on any atom is -0.490 e. The SMILES string of the molecule is CC(=O)CCCc1ccc(OC2CCC(OCc3ccccc3C)CC2)cc1-c1cccc(F)c1. The molecule has 1 aliphatic carbocycles. The normalized spacial score (nSPS) is 17.8. The van der Waals surface area contributed by atoms with Crippen LogP contribution in [0.1, 0.15) is 62.1 Å². The number of rotatable bonds is 10. The number of benzene rings is 3. The molecule has 3 nitrogen and oxygen atoms in total. The smallest absolute Gasteiger partial charge is 0.129 e. The van der Waals surface area contributed by atoms with Crippen LogP contribution < -0.4 is 4.74 Å². The Morgan fingerprint density at radius 1 is 0.914 bits per heavy atom. The van der Waals surface area contributed by atoms with E-state index >= 15 is 0 Å². The molecule has 0 aromatic heterocycles. The third-order valence-electron chi connectivity index (χ3n) is 6.85. The summed E-state index contributed by atoms with van der Waals surface area (Å²) in [4.78, 5) is 11.4. The zero-order valence-electron chi connectivity index (χ0n) is 20.8. The first kappa shape index (κ1) is 25.1. The van der Waals surface area contributed by atoms with Gasteiger partial charge in [-0.05, 0) is 104 Å². The lowest BCUT2D eigenvalue weighted by atomic mass is 9.94. The number of carbonyl (C=O) groups excluding carboxylic acids is 1. The molecule has 0 saturated heterocycles. The average molecular weight is 475 g/mol. The number of aryl methyl sites for hydroxylation is 2. The summed E-state index contributed by atoms with van der Waals surface area (Å²) in [5, 5.41) is 0. The number of Topliss-reactive ketones (excluding diaryl/α,β-unsaturated/α-hetero) is 1. The molecule has 0 aliphatic heterocycles. The van der Waals surface area contributed by atoms with E-state index < -0.39 is 0 Å². The number of ketones is 1. The molecule has 35 heavy (non-hydrogen) atoms. The van der Waals surface area contributed by atoms with Crippen LogP contribution in [0.4, 0.5) is 4.39 Å². The molecule has 1 saturated carbocycles. The van der Waals surface area contributed by atoms with E-state index in [1.54, 1.807) is 19.1 Å². The second kappa shape index (κ2) is 12.1. The number of ether oxygens (including phenoxy) is 2. The maximum atomic E-state index is 14.0. The highest BCUT2D eigenvalue weighted by Gasteiger charge is 2.23. The van der Waals surface area contributed by atoms with Crippen LogP contribution >= 0.6 is 0 Å². The Bertz CT molecular complexity index is 1130. The van der Waals surface area contributed by atoms with E-state index in [1.807, 2.05) is 18.2 Å². The van der Waals surface area contributed by atoms with Gasteiger partial charge in [0.25, 0.3) is 0 Å². The van der Waals surface area contributed by atoms with Crippen LogP contribution in [0.2, 0.25) is 0 Å². The van der Waals surface area contributed by atoms with Crippen molar-refractivity contribution in [3.8, 4) is 16.9 Å². The van der Waals surface area contributed by atoms with Gasteiger partial charge in [-0.2, -0.15) is 0 Å². The van der Waals surface area contributed by atoms with Crippen LogP contribution in [-0.2, 0) is 22.6 Å². The van der Waals surface area contributed by atoms with Gasteiger partial charge in [-0.3, -0.25) is 0 Å². The molecule has 0 atom stereocenters. The van der Waals surface area contributed by atoms with Gasteiger partial charge in [-0.1, -0.05) is 42.5 Å². The molecule has 0 amide bonds. The summed E-state index contributed by atoms with van der Waals surface area (Å²) in [5.41, 5.74) is 5.43. The molecular weight excluding hydrogens is 439 g/mol. The van der Waals surface area contributed by atoms with Crippen molar-refractivity contribution in [1.82, 2.24) is 0 Å². The van der Waals surface area contributed by atoms with E-state index in [1.165, 1.54) is 17.2 Å².